The number of aromatic nitrogens is 2. The first kappa shape index (κ1) is 25.6. The van der Waals surface area contributed by atoms with Gasteiger partial charge in [0, 0.05) is 38.5 Å². The van der Waals surface area contributed by atoms with E-state index in [9.17, 15) is 0 Å². The highest BCUT2D eigenvalue weighted by Gasteiger charge is 2.33. The van der Waals surface area contributed by atoms with E-state index in [0.717, 1.165) is 32.6 Å². The lowest BCUT2D eigenvalue weighted by Crippen LogP contribution is -2.47. The van der Waals surface area contributed by atoms with Crippen LogP contribution in [0.4, 0.5) is 0 Å². The average Bonchev–Trinajstić information content (AvgIpc) is 3.30. The molecule has 1 aromatic carbocycles. The number of benzene rings is 1. The lowest BCUT2D eigenvalue weighted by molar-refractivity contribution is 0.00203. The van der Waals surface area contributed by atoms with Gasteiger partial charge < -0.3 is 14.8 Å². The maximum Gasteiger partial charge on any atom is 0.139 e. The first-order chi connectivity index (χ1) is 16.4. The number of nitrogens with zero attached hydrogens (tertiary/aromatic N) is 2. The first-order valence-electron chi connectivity index (χ1n) is 13.4. The molecule has 0 radical (unpaired) electrons. The minimum absolute atomic E-state index is 0.334. The second-order valence-corrected chi connectivity index (χ2v) is 17.4. The van der Waals surface area contributed by atoms with Gasteiger partial charge in [0.1, 0.15) is 6.73 Å². The molecule has 2 fully saturated rings. The Morgan fingerprint density at radius 3 is 2.56 bits per heavy atom. The first-order valence-corrected chi connectivity index (χ1v) is 17.1. The van der Waals surface area contributed by atoms with Crippen molar-refractivity contribution in [3.05, 3.63) is 53.9 Å². The number of hydrogen-bond donors (Lipinski definition) is 1. The molecule has 188 valence electrons. The topological polar surface area (TPSA) is 48.3 Å². The number of nitrogens with one attached hydrogen (secondary N) is 1. The molecular weight excluding hydrogens is 438 g/mol. The summed E-state index contributed by atoms with van der Waals surface area (Å²) in [5.41, 5.74) is 2.78. The normalized spacial score (nSPS) is 28.2. The lowest BCUT2D eigenvalue weighted by Gasteiger charge is -2.37. The molecule has 1 aliphatic carbocycles. The minimum Gasteiger partial charge on any atom is -0.377 e. The van der Waals surface area contributed by atoms with Crippen LogP contribution < -0.4 is 5.32 Å². The van der Waals surface area contributed by atoms with Crippen LogP contribution in [0.15, 0.2) is 42.6 Å². The summed E-state index contributed by atoms with van der Waals surface area (Å²) in [7, 11) is -1.08. The summed E-state index contributed by atoms with van der Waals surface area (Å²) in [4.78, 5) is 0. The van der Waals surface area contributed by atoms with Crippen LogP contribution in [0, 0.1) is 5.92 Å². The summed E-state index contributed by atoms with van der Waals surface area (Å²) in [6.45, 7) is 12.7. The molecule has 1 saturated carbocycles. The van der Waals surface area contributed by atoms with E-state index in [2.05, 4.69) is 78.1 Å². The minimum atomic E-state index is -1.08. The van der Waals surface area contributed by atoms with E-state index in [0.29, 0.717) is 36.6 Å². The van der Waals surface area contributed by atoms with E-state index in [1.165, 1.54) is 36.6 Å². The van der Waals surface area contributed by atoms with Crippen LogP contribution in [0.1, 0.15) is 62.1 Å². The molecule has 0 bridgehead atoms. The smallest absolute Gasteiger partial charge is 0.139 e. The Morgan fingerprint density at radius 1 is 1.06 bits per heavy atom. The van der Waals surface area contributed by atoms with Crippen LogP contribution in [0.2, 0.25) is 25.7 Å². The van der Waals surface area contributed by atoms with Crippen LogP contribution in [-0.4, -0.2) is 49.8 Å². The van der Waals surface area contributed by atoms with Crippen LogP contribution >= 0.6 is 0 Å². The summed E-state index contributed by atoms with van der Waals surface area (Å²) >= 11 is 0. The predicted molar refractivity (Wildman–Crippen MR) is 142 cm³/mol. The van der Waals surface area contributed by atoms with E-state index in [1.54, 1.807) is 0 Å². The van der Waals surface area contributed by atoms with Gasteiger partial charge >= 0.3 is 0 Å². The Balaban J connectivity index is 1.30. The third kappa shape index (κ3) is 7.26. The molecule has 0 spiro atoms. The van der Waals surface area contributed by atoms with Gasteiger partial charge in [0.05, 0.1) is 12.7 Å². The zero-order valence-electron chi connectivity index (χ0n) is 21.7. The van der Waals surface area contributed by atoms with Gasteiger partial charge in [0.2, 0.25) is 0 Å². The fourth-order valence-electron chi connectivity index (χ4n) is 5.50. The Bertz CT molecular complexity index is 858. The molecule has 1 aliphatic heterocycles. The predicted octanol–water partition coefficient (Wildman–Crippen LogP) is 6.02. The molecule has 5 nitrogen and oxygen atoms in total. The van der Waals surface area contributed by atoms with E-state index >= 15 is 0 Å². The summed E-state index contributed by atoms with van der Waals surface area (Å²) in [6, 6.07) is 14.7. The Kier molecular flexibility index (Phi) is 9.02. The van der Waals surface area contributed by atoms with Gasteiger partial charge in [0.25, 0.3) is 0 Å². The van der Waals surface area contributed by atoms with Gasteiger partial charge in [0.15, 0.2) is 0 Å². The van der Waals surface area contributed by atoms with Crippen LogP contribution in [0.3, 0.4) is 0 Å². The molecule has 1 saturated heterocycles. The Labute approximate surface area is 207 Å². The largest absolute Gasteiger partial charge is 0.377 e. The lowest BCUT2D eigenvalue weighted by atomic mass is 9.82. The second-order valence-electron chi connectivity index (χ2n) is 11.8. The van der Waals surface area contributed by atoms with Gasteiger partial charge in [-0.1, -0.05) is 56.9 Å². The summed E-state index contributed by atoms with van der Waals surface area (Å²) in [5.74, 6) is 1.75. The van der Waals surface area contributed by atoms with Crippen molar-refractivity contribution in [2.24, 2.45) is 5.92 Å². The van der Waals surface area contributed by atoms with Gasteiger partial charge in [-0.05, 0) is 68.2 Å². The van der Waals surface area contributed by atoms with Crippen molar-refractivity contribution >= 4 is 8.07 Å². The van der Waals surface area contributed by atoms with Crippen molar-refractivity contribution in [1.82, 2.24) is 15.1 Å². The zero-order valence-corrected chi connectivity index (χ0v) is 22.7. The van der Waals surface area contributed by atoms with Crippen LogP contribution in [0.25, 0.3) is 0 Å². The molecule has 1 aromatic heterocycles. The zero-order chi connectivity index (χ0) is 24.0. The van der Waals surface area contributed by atoms with Crippen LogP contribution in [0.5, 0.6) is 0 Å². The van der Waals surface area contributed by atoms with Crippen molar-refractivity contribution in [3.8, 4) is 0 Å². The number of ether oxygens (including phenoxy) is 2. The van der Waals surface area contributed by atoms with E-state index in [-0.39, 0.29) is 0 Å². The molecule has 0 amide bonds. The van der Waals surface area contributed by atoms with Gasteiger partial charge in [-0.15, -0.1) is 0 Å². The van der Waals surface area contributed by atoms with Crippen molar-refractivity contribution in [2.75, 3.05) is 19.8 Å². The molecule has 1 N–H and O–H groups in total. The number of piperidine rings is 1. The molecule has 2 heterocycles. The monoisotopic (exact) mass is 483 g/mol. The van der Waals surface area contributed by atoms with Gasteiger partial charge in [-0.25, -0.2) is 4.68 Å². The third-order valence-corrected chi connectivity index (χ3v) is 9.37. The average molecular weight is 484 g/mol. The second kappa shape index (κ2) is 12.0. The van der Waals surface area contributed by atoms with Gasteiger partial charge in [-0.2, -0.15) is 5.10 Å². The van der Waals surface area contributed by atoms with Crippen molar-refractivity contribution in [1.29, 1.82) is 0 Å². The van der Waals surface area contributed by atoms with Crippen molar-refractivity contribution in [2.45, 2.75) is 95.4 Å². The summed E-state index contributed by atoms with van der Waals surface area (Å²) in [6.07, 6.45) is 8.27. The van der Waals surface area contributed by atoms with E-state index in [4.69, 9.17) is 9.47 Å². The van der Waals surface area contributed by atoms with Crippen molar-refractivity contribution < 1.29 is 9.47 Å². The fraction of sp³-hybridized carbons (Fsp3) is 0.679. The van der Waals surface area contributed by atoms with Crippen LogP contribution in [-0.2, 0) is 16.2 Å². The molecule has 34 heavy (non-hydrogen) atoms. The molecule has 3 atom stereocenters. The third-order valence-electron chi connectivity index (χ3n) is 7.67. The molecule has 4 rings (SSSR count). The SMILES string of the molecule is C[C@H]1CN[C@@H](COC2CCC(c3ccccc3)CC2)[C@@H](c2ccnn2COCC[Si](C)(C)C)C1. The molecule has 2 aromatic rings. The molecular formula is C28H45N3O2Si. The highest BCUT2D eigenvalue weighted by molar-refractivity contribution is 6.76. The van der Waals surface area contributed by atoms with E-state index < -0.39 is 8.07 Å². The van der Waals surface area contributed by atoms with E-state index in [1.807, 2.05) is 6.20 Å². The Morgan fingerprint density at radius 2 is 1.82 bits per heavy atom. The number of hydrogen-bond acceptors (Lipinski definition) is 4. The Hall–Kier alpha value is -1.47. The van der Waals surface area contributed by atoms with Crippen molar-refractivity contribution in [3.63, 3.8) is 0 Å². The molecule has 2 aliphatic rings. The standard InChI is InChI=1S/C28H45N3O2Si/c1-22-18-26(28-14-15-30-31(28)21-32-16-17-34(2,3)4)27(29-19-22)20-33-25-12-10-24(11-13-25)23-8-6-5-7-9-23/h5-9,14-15,22,24-27,29H,10-13,16-21H2,1-4H3/t22-,24?,25?,26+,27+/m1/s1. The summed E-state index contributed by atoms with van der Waals surface area (Å²) < 4.78 is 14.6. The highest BCUT2D eigenvalue weighted by Crippen LogP contribution is 2.35. The maximum absolute atomic E-state index is 6.53. The number of rotatable bonds is 10. The summed E-state index contributed by atoms with van der Waals surface area (Å²) in [5, 5.41) is 8.40. The van der Waals surface area contributed by atoms with Gasteiger partial charge in [-0.3, -0.25) is 0 Å². The highest BCUT2D eigenvalue weighted by atomic mass is 28.3. The maximum atomic E-state index is 6.53. The fourth-order valence-corrected chi connectivity index (χ4v) is 6.26. The molecule has 6 heteroatoms. The molecule has 0 unspecified atom stereocenters. The quantitative estimate of drug-likeness (QED) is 0.332.